The number of aryl methyl sites for hydroxylation is 1. The van der Waals surface area contributed by atoms with Crippen LogP contribution in [0.5, 0.6) is 5.75 Å². The van der Waals surface area contributed by atoms with Crippen LogP contribution in [0.3, 0.4) is 0 Å². The Labute approximate surface area is 227 Å². The van der Waals surface area contributed by atoms with Gasteiger partial charge in [0.05, 0.1) is 30.6 Å². The Morgan fingerprint density at radius 1 is 1.10 bits per heavy atom. The number of allylic oxidation sites excluding steroid dienone is 2. The number of ether oxygens (including phenoxy) is 3. The molecule has 2 N–H and O–H groups in total. The Hall–Kier alpha value is -3.54. The number of carbonyl (C=O) groups is 1. The quantitative estimate of drug-likeness (QED) is 0.241. The van der Waals surface area contributed by atoms with Crippen molar-refractivity contribution < 1.29 is 45.3 Å². The minimum Gasteiger partial charge on any atom is -0.493 e. The first-order chi connectivity index (χ1) is 18.5. The van der Waals surface area contributed by atoms with Crippen LogP contribution in [-0.4, -0.2) is 44.2 Å². The fraction of sp³-hybridized carbons (Fsp3) is 0.429. The number of alkyl halides is 6. The number of fused-ring (bicyclic) bond motifs is 1. The molecule has 218 valence electrons. The zero-order valence-corrected chi connectivity index (χ0v) is 22.6. The van der Waals surface area contributed by atoms with E-state index in [2.05, 4.69) is 4.99 Å². The first kappa shape index (κ1) is 31.0. The van der Waals surface area contributed by atoms with Gasteiger partial charge in [0, 0.05) is 18.2 Å². The van der Waals surface area contributed by atoms with E-state index in [0.717, 1.165) is 13.2 Å². The highest BCUT2D eigenvalue weighted by Gasteiger charge is 2.42. The SMILES string of the molecule is CN=C(C=C(N)C(F)(F)F)c1ccc(C(F)(F)F)c(C(OC(C)(C)C)C(=O)OC)c1-c1ccc2c(c1)CCCO2. The molecule has 2 aromatic carbocycles. The third-order valence-electron chi connectivity index (χ3n) is 6.03. The molecule has 12 heteroatoms. The number of benzene rings is 2. The van der Waals surface area contributed by atoms with Gasteiger partial charge in [0.1, 0.15) is 11.4 Å². The first-order valence-electron chi connectivity index (χ1n) is 12.2. The number of rotatable bonds is 6. The maximum atomic E-state index is 14.5. The average Bonchev–Trinajstić information content (AvgIpc) is 2.87. The molecule has 0 aromatic heterocycles. The van der Waals surface area contributed by atoms with E-state index in [4.69, 9.17) is 19.9 Å². The van der Waals surface area contributed by atoms with E-state index in [0.29, 0.717) is 42.9 Å². The molecule has 1 atom stereocenters. The van der Waals surface area contributed by atoms with E-state index < -0.39 is 46.9 Å². The normalized spacial score (nSPS) is 15.8. The summed E-state index contributed by atoms with van der Waals surface area (Å²) >= 11 is 0. The van der Waals surface area contributed by atoms with Crippen molar-refractivity contribution in [2.24, 2.45) is 10.7 Å². The van der Waals surface area contributed by atoms with Crippen LogP contribution < -0.4 is 10.5 Å². The van der Waals surface area contributed by atoms with Gasteiger partial charge in [-0.15, -0.1) is 0 Å². The molecule has 1 heterocycles. The molecule has 1 aliphatic heterocycles. The molecule has 40 heavy (non-hydrogen) atoms. The van der Waals surface area contributed by atoms with Gasteiger partial charge >= 0.3 is 18.3 Å². The van der Waals surface area contributed by atoms with Crippen molar-refractivity contribution in [3.05, 3.63) is 64.4 Å². The van der Waals surface area contributed by atoms with Crippen molar-refractivity contribution in [2.75, 3.05) is 20.8 Å². The van der Waals surface area contributed by atoms with Gasteiger partial charge < -0.3 is 19.9 Å². The smallest absolute Gasteiger partial charge is 0.430 e. The van der Waals surface area contributed by atoms with Crippen molar-refractivity contribution in [1.82, 2.24) is 0 Å². The summed E-state index contributed by atoms with van der Waals surface area (Å²) in [5.74, 6) is -0.591. The molecule has 0 aliphatic carbocycles. The summed E-state index contributed by atoms with van der Waals surface area (Å²) in [6.45, 7) is 5.09. The molecule has 0 saturated heterocycles. The molecule has 1 aliphatic rings. The highest BCUT2D eigenvalue weighted by Crippen LogP contribution is 2.45. The second-order valence-corrected chi connectivity index (χ2v) is 10.1. The highest BCUT2D eigenvalue weighted by molar-refractivity contribution is 6.14. The van der Waals surface area contributed by atoms with Gasteiger partial charge in [-0.3, -0.25) is 4.99 Å². The number of aliphatic imine (C=N–C) groups is 1. The molecule has 0 saturated carbocycles. The van der Waals surface area contributed by atoms with Crippen molar-refractivity contribution in [1.29, 1.82) is 0 Å². The second-order valence-electron chi connectivity index (χ2n) is 10.1. The lowest BCUT2D eigenvalue weighted by Crippen LogP contribution is -2.31. The monoisotopic (exact) mass is 572 g/mol. The van der Waals surface area contributed by atoms with Gasteiger partial charge in [-0.1, -0.05) is 12.1 Å². The van der Waals surface area contributed by atoms with Gasteiger partial charge in [0.2, 0.25) is 0 Å². The molecule has 0 bridgehead atoms. The van der Waals surface area contributed by atoms with Crippen LogP contribution in [0.1, 0.15) is 55.5 Å². The van der Waals surface area contributed by atoms with Crippen molar-refractivity contribution in [3.8, 4) is 16.9 Å². The van der Waals surface area contributed by atoms with Crippen LogP contribution in [0.4, 0.5) is 26.3 Å². The van der Waals surface area contributed by atoms with Crippen molar-refractivity contribution >= 4 is 11.7 Å². The van der Waals surface area contributed by atoms with Crippen LogP contribution >= 0.6 is 0 Å². The van der Waals surface area contributed by atoms with Crippen LogP contribution in [0, 0.1) is 0 Å². The molecule has 2 aromatic rings. The molecule has 3 rings (SSSR count). The predicted molar refractivity (Wildman–Crippen MR) is 137 cm³/mol. The number of hydrogen-bond donors (Lipinski definition) is 1. The fourth-order valence-electron chi connectivity index (χ4n) is 4.36. The summed E-state index contributed by atoms with van der Waals surface area (Å²) in [6, 6.07) is 6.32. The van der Waals surface area contributed by atoms with E-state index in [1.54, 1.807) is 32.9 Å². The Balaban J connectivity index is 2.52. The molecular weight excluding hydrogens is 542 g/mol. The number of nitrogens with two attached hydrogens (primary N) is 1. The Morgan fingerprint density at radius 2 is 1.77 bits per heavy atom. The van der Waals surface area contributed by atoms with Crippen LogP contribution in [-0.2, 0) is 26.9 Å². The summed E-state index contributed by atoms with van der Waals surface area (Å²) in [6.07, 6.45) is -10.0. The van der Waals surface area contributed by atoms with Crippen molar-refractivity contribution in [3.63, 3.8) is 0 Å². The average molecular weight is 573 g/mol. The second kappa shape index (κ2) is 11.5. The lowest BCUT2D eigenvalue weighted by molar-refractivity contribution is -0.166. The fourth-order valence-corrected chi connectivity index (χ4v) is 4.36. The third kappa shape index (κ3) is 6.96. The number of hydrogen-bond acceptors (Lipinski definition) is 6. The Bertz CT molecular complexity index is 1320. The van der Waals surface area contributed by atoms with E-state index in [1.165, 1.54) is 13.1 Å². The van der Waals surface area contributed by atoms with Gasteiger partial charge in [-0.05, 0) is 74.6 Å². The first-order valence-corrected chi connectivity index (χ1v) is 12.2. The van der Waals surface area contributed by atoms with Gasteiger partial charge in [0.15, 0.2) is 6.10 Å². The number of methoxy groups -OCH3 is 1. The van der Waals surface area contributed by atoms with Gasteiger partial charge in [-0.2, -0.15) is 26.3 Å². The molecule has 0 radical (unpaired) electrons. The minimum atomic E-state index is -4.97. The third-order valence-corrected chi connectivity index (χ3v) is 6.03. The Morgan fingerprint density at radius 3 is 2.33 bits per heavy atom. The highest BCUT2D eigenvalue weighted by atomic mass is 19.4. The van der Waals surface area contributed by atoms with Crippen LogP contribution in [0.15, 0.2) is 47.1 Å². The molecular formula is C28H30F6N2O4. The van der Waals surface area contributed by atoms with E-state index in [1.807, 2.05) is 0 Å². The Kier molecular flexibility index (Phi) is 8.93. The largest absolute Gasteiger partial charge is 0.493 e. The molecule has 6 nitrogen and oxygen atoms in total. The van der Waals surface area contributed by atoms with E-state index >= 15 is 0 Å². The summed E-state index contributed by atoms with van der Waals surface area (Å²) in [5, 5.41) is 0. The minimum absolute atomic E-state index is 0.124. The lowest BCUT2D eigenvalue weighted by Gasteiger charge is -2.31. The molecule has 0 amide bonds. The summed E-state index contributed by atoms with van der Waals surface area (Å²) in [4.78, 5) is 16.9. The van der Waals surface area contributed by atoms with Crippen LogP contribution in [0.25, 0.3) is 11.1 Å². The van der Waals surface area contributed by atoms with Crippen molar-refractivity contribution in [2.45, 2.75) is 57.7 Å². The summed E-state index contributed by atoms with van der Waals surface area (Å²) in [5.41, 5.74) is 0.979. The van der Waals surface area contributed by atoms with Gasteiger partial charge in [0.25, 0.3) is 0 Å². The number of halogens is 6. The lowest BCUT2D eigenvalue weighted by atomic mass is 9.84. The number of nitrogens with zero attached hydrogens (tertiary/aromatic N) is 1. The standard InChI is InChI=1S/C28H30F6N2O4/c1-26(2,3)40-24(25(37)38-5)23-18(27(29,30)31)10-9-17(19(36-4)14-21(35)28(32,33)34)22(23)16-8-11-20-15(13-16)7-6-12-39-20/h8-11,13-14,24H,6-7,12,35H2,1-5H3. The van der Waals surface area contributed by atoms with Crippen LogP contribution in [0.2, 0.25) is 0 Å². The predicted octanol–water partition coefficient (Wildman–Crippen LogP) is 6.55. The van der Waals surface area contributed by atoms with Gasteiger partial charge in [-0.25, -0.2) is 4.79 Å². The number of carbonyl (C=O) groups excluding carboxylic acids is 1. The molecule has 1 unspecified atom stereocenters. The number of esters is 1. The maximum absolute atomic E-state index is 14.5. The summed E-state index contributed by atoms with van der Waals surface area (Å²) in [7, 11) is 2.18. The summed E-state index contributed by atoms with van der Waals surface area (Å²) < 4.78 is 99.9. The molecule has 0 fully saturated rings. The topological polar surface area (TPSA) is 83.1 Å². The maximum Gasteiger partial charge on any atom is 0.430 e. The van der Waals surface area contributed by atoms with E-state index in [9.17, 15) is 31.1 Å². The molecule has 0 spiro atoms. The zero-order valence-electron chi connectivity index (χ0n) is 22.6. The van der Waals surface area contributed by atoms with E-state index in [-0.39, 0.29) is 22.4 Å². The zero-order chi connectivity index (χ0) is 30.0.